The van der Waals surface area contributed by atoms with Crippen molar-refractivity contribution in [2.45, 2.75) is 33.1 Å². The van der Waals surface area contributed by atoms with Crippen LogP contribution in [0.1, 0.15) is 38.7 Å². The van der Waals surface area contributed by atoms with Crippen LogP contribution in [-0.2, 0) is 4.74 Å². The van der Waals surface area contributed by atoms with Crippen molar-refractivity contribution in [3.63, 3.8) is 0 Å². The molecule has 1 nitrogen and oxygen atoms in total. The molecule has 1 aliphatic heterocycles. The summed E-state index contributed by atoms with van der Waals surface area (Å²) in [6, 6.07) is 8.36. The fourth-order valence-corrected chi connectivity index (χ4v) is 2.72. The Labute approximate surface area is 136 Å². The summed E-state index contributed by atoms with van der Waals surface area (Å²) in [4.78, 5) is 0. The van der Waals surface area contributed by atoms with Crippen LogP contribution in [0, 0.1) is 5.41 Å². The van der Waals surface area contributed by atoms with Gasteiger partial charge in [0.2, 0.25) is 0 Å². The largest absolute Gasteiger partial charge is 0.502 e. The molecule has 2 aliphatic rings. The lowest BCUT2D eigenvalue weighted by Crippen LogP contribution is -2.08. The van der Waals surface area contributed by atoms with Crippen molar-refractivity contribution in [1.82, 2.24) is 0 Å². The SMILES string of the molecule is C1=COCCC1.CC1(C)C=CC(c2ccccc2Br)=CC1. The molecule has 0 bridgehead atoms. The van der Waals surface area contributed by atoms with Crippen LogP contribution < -0.4 is 0 Å². The van der Waals surface area contributed by atoms with Crippen LogP contribution in [0.5, 0.6) is 0 Å². The van der Waals surface area contributed by atoms with E-state index in [0.717, 1.165) is 13.0 Å². The maximum absolute atomic E-state index is 4.89. The zero-order chi connectivity index (χ0) is 15.1. The summed E-state index contributed by atoms with van der Waals surface area (Å²) < 4.78 is 6.06. The van der Waals surface area contributed by atoms with E-state index in [-0.39, 0.29) is 0 Å². The third-order valence-corrected chi connectivity index (χ3v) is 4.26. The van der Waals surface area contributed by atoms with Gasteiger partial charge in [-0.25, -0.2) is 0 Å². The molecule has 1 aromatic carbocycles. The molecule has 0 amide bonds. The third-order valence-electron chi connectivity index (χ3n) is 3.57. The van der Waals surface area contributed by atoms with Gasteiger partial charge in [0, 0.05) is 4.47 Å². The second-order valence-corrected chi connectivity index (χ2v) is 6.90. The van der Waals surface area contributed by atoms with E-state index >= 15 is 0 Å². The van der Waals surface area contributed by atoms with E-state index in [9.17, 15) is 0 Å². The second-order valence-electron chi connectivity index (χ2n) is 6.05. The fourth-order valence-electron chi connectivity index (χ4n) is 2.21. The number of hydrogen-bond acceptors (Lipinski definition) is 1. The minimum atomic E-state index is 0.310. The van der Waals surface area contributed by atoms with Gasteiger partial charge in [-0.05, 0) is 48.0 Å². The number of rotatable bonds is 1. The smallest absolute Gasteiger partial charge is 0.0876 e. The second kappa shape index (κ2) is 7.65. The average Bonchev–Trinajstić information content (AvgIpc) is 2.51. The molecule has 0 saturated carbocycles. The molecule has 0 atom stereocenters. The highest BCUT2D eigenvalue weighted by molar-refractivity contribution is 9.10. The Morgan fingerprint density at radius 2 is 2.00 bits per heavy atom. The normalized spacial score (nSPS) is 19.1. The standard InChI is InChI=1S/C14H15Br.C5H8O/c1-14(2)9-7-11(8-10-14)12-5-3-4-6-13(12)15;1-2-4-6-5-3-1/h3-9H,10H2,1-2H3;2,4H,1,3,5H2. The topological polar surface area (TPSA) is 9.23 Å². The molecule has 0 saturated heterocycles. The zero-order valence-electron chi connectivity index (χ0n) is 12.8. The van der Waals surface area contributed by atoms with Crippen LogP contribution >= 0.6 is 15.9 Å². The van der Waals surface area contributed by atoms with E-state index in [4.69, 9.17) is 4.74 Å². The van der Waals surface area contributed by atoms with Gasteiger partial charge in [-0.3, -0.25) is 0 Å². The van der Waals surface area contributed by atoms with Crippen molar-refractivity contribution in [3.05, 3.63) is 64.9 Å². The Balaban J connectivity index is 0.000000225. The summed E-state index contributed by atoms with van der Waals surface area (Å²) in [5, 5.41) is 0. The first kappa shape index (κ1) is 16.1. The molecule has 0 radical (unpaired) electrons. The van der Waals surface area contributed by atoms with E-state index < -0.39 is 0 Å². The fraction of sp³-hybridized carbons (Fsp3) is 0.368. The Kier molecular flexibility index (Phi) is 5.86. The van der Waals surface area contributed by atoms with Gasteiger partial charge >= 0.3 is 0 Å². The van der Waals surface area contributed by atoms with E-state index in [1.54, 1.807) is 6.26 Å². The van der Waals surface area contributed by atoms with Gasteiger partial charge in [0.15, 0.2) is 0 Å². The maximum atomic E-state index is 4.89. The maximum Gasteiger partial charge on any atom is 0.0876 e. The van der Waals surface area contributed by atoms with Crippen molar-refractivity contribution in [3.8, 4) is 0 Å². The molecule has 21 heavy (non-hydrogen) atoms. The van der Waals surface area contributed by atoms with Gasteiger partial charge in [-0.1, -0.05) is 66.2 Å². The minimum absolute atomic E-state index is 0.310. The highest BCUT2D eigenvalue weighted by Gasteiger charge is 2.17. The van der Waals surface area contributed by atoms with Gasteiger partial charge in [-0.15, -0.1) is 0 Å². The molecular formula is C19H23BrO. The molecular weight excluding hydrogens is 324 g/mol. The summed E-state index contributed by atoms with van der Waals surface area (Å²) in [5.74, 6) is 0. The predicted octanol–water partition coefficient (Wildman–Crippen LogP) is 6.13. The summed E-state index contributed by atoms with van der Waals surface area (Å²) in [6.07, 6.45) is 14.1. The molecule has 112 valence electrons. The molecule has 0 unspecified atom stereocenters. The lowest BCUT2D eigenvalue weighted by Gasteiger charge is -2.23. The number of benzene rings is 1. The lowest BCUT2D eigenvalue weighted by atomic mass is 9.83. The number of allylic oxidation sites excluding steroid dienone is 5. The van der Waals surface area contributed by atoms with Gasteiger partial charge in [0.25, 0.3) is 0 Å². The molecule has 0 spiro atoms. The van der Waals surface area contributed by atoms with Crippen LogP contribution in [-0.4, -0.2) is 6.61 Å². The minimum Gasteiger partial charge on any atom is -0.502 e. The van der Waals surface area contributed by atoms with Crippen molar-refractivity contribution < 1.29 is 4.74 Å². The molecule has 0 fully saturated rings. The Hall–Kier alpha value is -1.28. The summed E-state index contributed by atoms with van der Waals surface area (Å²) in [6.45, 7) is 5.43. The first-order chi connectivity index (χ1) is 10.1. The third kappa shape index (κ3) is 5.20. The van der Waals surface area contributed by atoms with Crippen molar-refractivity contribution >= 4 is 21.5 Å². The highest BCUT2D eigenvalue weighted by Crippen LogP contribution is 2.34. The lowest BCUT2D eigenvalue weighted by molar-refractivity contribution is 0.231. The first-order valence-electron chi connectivity index (χ1n) is 7.49. The zero-order valence-corrected chi connectivity index (χ0v) is 14.4. The molecule has 0 N–H and O–H groups in total. The molecule has 0 aromatic heterocycles. The van der Waals surface area contributed by atoms with Gasteiger partial charge in [-0.2, -0.15) is 0 Å². The quantitative estimate of drug-likeness (QED) is 0.594. The predicted molar refractivity (Wildman–Crippen MR) is 94.0 cm³/mol. The molecule has 3 rings (SSSR count). The van der Waals surface area contributed by atoms with Gasteiger partial charge in [0.1, 0.15) is 0 Å². The molecule has 1 aliphatic carbocycles. The summed E-state index contributed by atoms with van der Waals surface area (Å²) >= 11 is 3.59. The monoisotopic (exact) mass is 346 g/mol. The highest BCUT2D eigenvalue weighted by atomic mass is 79.9. The summed E-state index contributed by atoms with van der Waals surface area (Å²) in [5.41, 5.74) is 2.91. The van der Waals surface area contributed by atoms with Crippen LogP contribution in [0.2, 0.25) is 0 Å². The molecule has 2 heteroatoms. The van der Waals surface area contributed by atoms with E-state index in [1.165, 1.54) is 28.5 Å². The van der Waals surface area contributed by atoms with E-state index in [1.807, 2.05) is 12.1 Å². The van der Waals surface area contributed by atoms with Crippen LogP contribution in [0.15, 0.2) is 59.3 Å². The van der Waals surface area contributed by atoms with Crippen LogP contribution in [0.3, 0.4) is 0 Å². The van der Waals surface area contributed by atoms with Crippen LogP contribution in [0.4, 0.5) is 0 Å². The Bertz CT molecular complexity index is 544. The number of hydrogen-bond donors (Lipinski definition) is 0. The first-order valence-corrected chi connectivity index (χ1v) is 8.29. The van der Waals surface area contributed by atoms with E-state index in [2.05, 4.69) is 66.2 Å². The van der Waals surface area contributed by atoms with Crippen molar-refractivity contribution in [2.75, 3.05) is 6.61 Å². The Morgan fingerprint density at radius 3 is 2.48 bits per heavy atom. The summed E-state index contributed by atoms with van der Waals surface area (Å²) in [7, 11) is 0. The van der Waals surface area contributed by atoms with Gasteiger partial charge in [0.05, 0.1) is 12.9 Å². The van der Waals surface area contributed by atoms with E-state index in [0.29, 0.717) is 5.41 Å². The average molecular weight is 347 g/mol. The van der Waals surface area contributed by atoms with Crippen molar-refractivity contribution in [2.24, 2.45) is 5.41 Å². The molecule has 1 aromatic rings. The van der Waals surface area contributed by atoms with Crippen molar-refractivity contribution in [1.29, 1.82) is 0 Å². The number of halogens is 1. The number of ether oxygens (including phenoxy) is 1. The Morgan fingerprint density at radius 1 is 1.19 bits per heavy atom. The van der Waals surface area contributed by atoms with Crippen LogP contribution in [0.25, 0.3) is 5.57 Å². The molecule has 1 heterocycles. The van der Waals surface area contributed by atoms with Gasteiger partial charge < -0.3 is 4.74 Å².